The molecule has 0 saturated carbocycles. The number of urea groups is 1. The predicted molar refractivity (Wildman–Crippen MR) is 112 cm³/mol. The second-order valence-corrected chi connectivity index (χ2v) is 7.19. The molecule has 0 aliphatic carbocycles. The van der Waals surface area contributed by atoms with Gasteiger partial charge in [0.1, 0.15) is 11.8 Å². The van der Waals surface area contributed by atoms with E-state index in [2.05, 4.69) is 10.6 Å². The molecular weight excluding hydrogens is 384 g/mol. The molecule has 8 heteroatoms. The van der Waals surface area contributed by atoms with E-state index in [0.717, 1.165) is 21.4 Å². The van der Waals surface area contributed by atoms with Gasteiger partial charge in [-0.15, -0.1) is 0 Å². The molecule has 1 aromatic heterocycles. The first-order chi connectivity index (χ1) is 14.5. The third-order valence-corrected chi connectivity index (χ3v) is 5.20. The van der Waals surface area contributed by atoms with Crippen molar-refractivity contribution < 1.29 is 19.1 Å². The van der Waals surface area contributed by atoms with Gasteiger partial charge < -0.3 is 19.9 Å². The van der Waals surface area contributed by atoms with Crippen molar-refractivity contribution in [2.24, 2.45) is 7.05 Å². The zero-order valence-electron chi connectivity index (χ0n) is 16.7. The monoisotopic (exact) mass is 406 g/mol. The van der Waals surface area contributed by atoms with Crippen LogP contribution >= 0.6 is 0 Å². The summed E-state index contributed by atoms with van der Waals surface area (Å²) in [6, 6.07) is 13.3. The fourth-order valence-corrected chi connectivity index (χ4v) is 3.58. The van der Waals surface area contributed by atoms with Gasteiger partial charge in [0.2, 0.25) is 5.91 Å². The first-order valence-corrected chi connectivity index (χ1v) is 9.55. The number of carbonyl (C=O) groups is 3. The summed E-state index contributed by atoms with van der Waals surface area (Å²) in [7, 11) is 3.50. The number of anilines is 1. The van der Waals surface area contributed by atoms with E-state index in [-0.39, 0.29) is 18.9 Å². The molecule has 1 atom stereocenters. The van der Waals surface area contributed by atoms with Crippen molar-refractivity contribution in [1.29, 1.82) is 0 Å². The third kappa shape index (κ3) is 3.71. The van der Waals surface area contributed by atoms with Gasteiger partial charge in [-0.25, -0.2) is 4.79 Å². The van der Waals surface area contributed by atoms with Gasteiger partial charge in [-0.3, -0.25) is 14.5 Å². The molecule has 0 spiro atoms. The molecule has 1 aliphatic rings. The Bertz CT molecular complexity index is 1120. The number of ether oxygens (including phenoxy) is 1. The van der Waals surface area contributed by atoms with Gasteiger partial charge in [0.25, 0.3) is 5.91 Å². The molecule has 0 radical (unpaired) electrons. The Balaban J connectivity index is 1.41. The Kier molecular flexibility index (Phi) is 5.14. The molecule has 0 bridgehead atoms. The lowest BCUT2D eigenvalue weighted by atomic mass is 10.1. The summed E-state index contributed by atoms with van der Waals surface area (Å²) >= 11 is 0. The van der Waals surface area contributed by atoms with Crippen LogP contribution in [0.3, 0.4) is 0 Å². The lowest BCUT2D eigenvalue weighted by Gasteiger charge is -2.13. The van der Waals surface area contributed by atoms with Crippen LogP contribution in [0.5, 0.6) is 5.75 Å². The van der Waals surface area contributed by atoms with E-state index < -0.39 is 18.0 Å². The molecule has 4 amide bonds. The van der Waals surface area contributed by atoms with Gasteiger partial charge in [-0.2, -0.15) is 0 Å². The number of rotatable bonds is 6. The van der Waals surface area contributed by atoms with Gasteiger partial charge in [0, 0.05) is 24.1 Å². The quantitative estimate of drug-likeness (QED) is 0.616. The smallest absolute Gasteiger partial charge is 0.325 e. The van der Waals surface area contributed by atoms with Crippen LogP contribution in [0.15, 0.2) is 54.7 Å². The highest BCUT2D eigenvalue weighted by Crippen LogP contribution is 2.24. The second kappa shape index (κ2) is 7.90. The second-order valence-electron chi connectivity index (χ2n) is 7.19. The van der Waals surface area contributed by atoms with Crippen molar-refractivity contribution in [2.75, 3.05) is 12.4 Å². The van der Waals surface area contributed by atoms with Crippen LogP contribution in [0, 0.1) is 0 Å². The molecule has 2 aromatic carbocycles. The molecule has 1 saturated heterocycles. The van der Waals surface area contributed by atoms with Crippen molar-refractivity contribution in [1.82, 2.24) is 14.8 Å². The summed E-state index contributed by atoms with van der Waals surface area (Å²) in [5.74, 6) is -0.0564. The lowest BCUT2D eigenvalue weighted by Crippen LogP contribution is -2.34. The standard InChI is InChI=1S/C22H22N4O4/c1-25-11-10-16-17(4-3-5-19(16)25)23-20(27)12-18-21(28)26(22(29)24-18)13-14-6-8-15(30-2)9-7-14/h3-11,18H,12-13H2,1-2H3,(H,23,27)(H,24,29). The molecule has 2 heterocycles. The average molecular weight is 406 g/mol. The molecule has 1 unspecified atom stereocenters. The molecule has 154 valence electrons. The minimum absolute atomic E-state index is 0.132. The fourth-order valence-electron chi connectivity index (χ4n) is 3.58. The number of hydrogen-bond acceptors (Lipinski definition) is 4. The van der Waals surface area contributed by atoms with E-state index in [1.807, 2.05) is 42.1 Å². The third-order valence-electron chi connectivity index (χ3n) is 5.20. The fraction of sp³-hybridized carbons (Fsp3) is 0.227. The molecular formula is C22H22N4O4. The van der Waals surface area contributed by atoms with Crippen molar-refractivity contribution in [2.45, 2.75) is 19.0 Å². The number of amides is 4. The number of benzene rings is 2. The van der Waals surface area contributed by atoms with Crippen LogP contribution in [-0.4, -0.2) is 40.5 Å². The lowest BCUT2D eigenvalue weighted by molar-refractivity contribution is -0.130. The van der Waals surface area contributed by atoms with E-state index in [0.29, 0.717) is 11.4 Å². The van der Waals surface area contributed by atoms with Crippen molar-refractivity contribution in [3.63, 3.8) is 0 Å². The molecule has 2 N–H and O–H groups in total. The van der Waals surface area contributed by atoms with Gasteiger partial charge in [0.15, 0.2) is 0 Å². The molecule has 4 rings (SSSR count). The van der Waals surface area contributed by atoms with Crippen LogP contribution in [0.25, 0.3) is 10.9 Å². The largest absolute Gasteiger partial charge is 0.497 e. The maximum absolute atomic E-state index is 12.7. The topological polar surface area (TPSA) is 92.7 Å². The summed E-state index contributed by atoms with van der Waals surface area (Å²) < 4.78 is 7.07. The van der Waals surface area contributed by atoms with Crippen LogP contribution in [0.1, 0.15) is 12.0 Å². The molecule has 1 fully saturated rings. The average Bonchev–Trinajstić information content (AvgIpc) is 3.24. The van der Waals surface area contributed by atoms with Gasteiger partial charge >= 0.3 is 6.03 Å². The van der Waals surface area contributed by atoms with Gasteiger partial charge in [-0.1, -0.05) is 18.2 Å². The minimum atomic E-state index is -0.884. The first kappa shape index (κ1) is 19.5. The van der Waals surface area contributed by atoms with E-state index >= 15 is 0 Å². The van der Waals surface area contributed by atoms with Crippen LogP contribution in [0.2, 0.25) is 0 Å². The van der Waals surface area contributed by atoms with Gasteiger partial charge in [-0.05, 0) is 35.9 Å². The number of nitrogens with one attached hydrogen (secondary N) is 2. The molecule has 1 aliphatic heterocycles. The summed E-state index contributed by atoms with van der Waals surface area (Å²) in [6.07, 6.45) is 1.78. The Morgan fingerprint density at radius 3 is 2.63 bits per heavy atom. The molecule has 8 nitrogen and oxygen atoms in total. The highest BCUT2D eigenvalue weighted by molar-refractivity contribution is 6.08. The minimum Gasteiger partial charge on any atom is -0.497 e. The number of hydrogen-bond donors (Lipinski definition) is 2. The van der Waals surface area contributed by atoms with E-state index in [1.54, 1.807) is 31.4 Å². The van der Waals surface area contributed by atoms with Crippen molar-refractivity contribution in [3.05, 3.63) is 60.3 Å². The van der Waals surface area contributed by atoms with E-state index in [1.165, 1.54) is 0 Å². The Morgan fingerprint density at radius 2 is 1.90 bits per heavy atom. The summed E-state index contributed by atoms with van der Waals surface area (Å²) in [5, 5.41) is 6.37. The SMILES string of the molecule is COc1ccc(CN2C(=O)NC(CC(=O)Nc3cccc4c3ccn4C)C2=O)cc1. The van der Waals surface area contributed by atoms with Crippen LogP contribution in [-0.2, 0) is 23.2 Å². The highest BCUT2D eigenvalue weighted by Gasteiger charge is 2.39. The highest BCUT2D eigenvalue weighted by atomic mass is 16.5. The molecule has 30 heavy (non-hydrogen) atoms. The van der Waals surface area contributed by atoms with Crippen molar-refractivity contribution >= 4 is 34.4 Å². The van der Waals surface area contributed by atoms with Crippen molar-refractivity contribution in [3.8, 4) is 5.75 Å². The zero-order valence-corrected chi connectivity index (χ0v) is 16.7. The maximum Gasteiger partial charge on any atom is 0.325 e. The Hall–Kier alpha value is -3.81. The summed E-state index contributed by atoms with van der Waals surface area (Å²) in [6.45, 7) is 0.135. The number of aryl methyl sites for hydroxylation is 1. The van der Waals surface area contributed by atoms with Gasteiger partial charge in [0.05, 0.1) is 25.8 Å². The normalized spacial score (nSPS) is 16.1. The first-order valence-electron chi connectivity index (χ1n) is 9.55. The zero-order chi connectivity index (χ0) is 21.3. The Morgan fingerprint density at radius 1 is 1.13 bits per heavy atom. The number of methoxy groups -OCH3 is 1. The van der Waals surface area contributed by atoms with Crippen LogP contribution in [0.4, 0.5) is 10.5 Å². The van der Waals surface area contributed by atoms with E-state index in [9.17, 15) is 14.4 Å². The summed E-state index contributed by atoms with van der Waals surface area (Å²) in [5.41, 5.74) is 2.45. The van der Waals surface area contributed by atoms with E-state index in [4.69, 9.17) is 4.74 Å². The predicted octanol–water partition coefficient (Wildman–Crippen LogP) is 2.64. The summed E-state index contributed by atoms with van der Waals surface area (Å²) in [4.78, 5) is 38.6. The maximum atomic E-state index is 12.7. The number of aromatic nitrogens is 1. The number of imide groups is 1. The number of carbonyl (C=O) groups excluding carboxylic acids is 3. The van der Waals surface area contributed by atoms with Crippen LogP contribution < -0.4 is 15.4 Å². The number of fused-ring (bicyclic) bond motifs is 1. The Labute approximate surface area is 173 Å². The number of nitrogens with zero attached hydrogens (tertiary/aromatic N) is 2. The molecule has 3 aromatic rings.